The molecule has 0 spiro atoms. The fourth-order valence-corrected chi connectivity index (χ4v) is 1.49. The minimum atomic E-state index is 0.509. The Hall–Kier alpha value is -0.400. The molecule has 0 amide bonds. The van der Waals surface area contributed by atoms with Gasteiger partial charge in [0.25, 0.3) is 0 Å². The first kappa shape index (κ1) is 12.7. The first-order valence-electron chi connectivity index (χ1n) is 5.58. The van der Waals surface area contributed by atoms with Gasteiger partial charge in [-0.3, -0.25) is 4.68 Å². The van der Waals surface area contributed by atoms with Crippen LogP contribution in [-0.4, -0.2) is 15.9 Å². The Kier molecular flexibility index (Phi) is 4.75. The predicted molar refractivity (Wildman–Crippen MR) is 66.4 cm³/mol. The Bertz CT molecular complexity index is 319. The fraction of sp³-hybridized carbons (Fsp3) is 0.727. The lowest BCUT2D eigenvalue weighted by atomic mass is 10.3. The topological polar surface area (TPSA) is 27.1 Å². The van der Waals surface area contributed by atoms with Crippen LogP contribution in [0, 0.1) is 6.92 Å². The number of ether oxygens (including phenoxy) is 1. The third kappa shape index (κ3) is 3.29. The summed E-state index contributed by atoms with van der Waals surface area (Å²) < 4.78 is 7.48. The van der Waals surface area contributed by atoms with Gasteiger partial charge in [0.15, 0.2) is 0 Å². The van der Waals surface area contributed by atoms with E-state index in [-0.39, 0.29) is 0 Å². The van der Waals surface area contributed by atoms with Gasteiger partial charge in [0.2, 0.25) is 0 Å². The van der Waals surface area contributed by atoms with Crippen LogP contribution in [0.2, 0.25) is 0 Å². The first-order chi connectivity index (χ1) is 7.18. The van der Waals surface area contributed by atoms with Crippen molar-refractivity contribution in [2.45, 2.75) is 46.3 Å². The van der Waals surface area contributed by atoms with Crippen LogP contribution in [0.15, 0.2) is 0 Å². The van der Waals surface area contributed by atoms with Crippen LogP contribution in [0.4, 0.5) is 0 Å². The van der Waals surface area contributed by atoms with Gasteiger partial charge in [-0.1, -0.05) is 23.1 Å². The Balaban J connectivity index is 0.000000531. The van der Waals surface area contributed by atoms with Gasteiger partial charge >= 0.3 is 0 Å². The number of rotatable bonds is 3. The minimum Gasteiger partial charge on any atom is -0.372 e. The zero-order valence-corrected chi connectivity index (χ0v) is 11.2. The highest BCUT2D eigenvalue weighted by Gasteiger charge is 2.22. The zero-order chi connectivity index (χ0) is 11.4. The average molecular weight is 228 g/mol. The second-order valence-corrected chi connectivity index (χ2v) is 4.14. The van der Waals surface area contributed by atoms with Gasteiger partial charge in [0.05, 0.1) is 23.8 Å². The Labute approximate surface area is 94.4 Å². The van der Waals surface area contributed by atoms with E-state index in [0.29, 0.717) is 12.7 Å². The molecule has 0 aromatic carbocycles. The summed E-state index contributed by atoms with van der Waals surface area (Å²) in [7, 11) is 4.65. The van der Waals surface area contributed by atoms with Crippen LogP contribution in [0.5, 0.6) is 0 Å². The second kappa shape index (κ2) is 5.62. The van der Waals surface area contributed by atoms with Gasteiger partial charge in [0, 0.05) is 7.05 Å². The van der Waals surface area contributed by atoms with Crippen LogP contribution < -0.4 is 5.44 Å². The van der Waals surface area contributed by atoms with Crippen molar-refractivity contribution < 1.29 is 4.74 Å². The highest BCUT2D eigenvalue weighted by atomic mass is 31.0. The maximum Gasteiger partial charge on any atom is 0.0917 e. The maximum atomic E-state index is 5.60. The molecule has 0 aliphatic heterocycles. The van der Waals surface area contributed by atoms with E-state index in [1.807, 2.05) is 25.6 Å². The van der Waals surface area contributed by atoms with E-state index in [9.17, 15) is 0 Å². The third-order valence-corrected chi connectivity index (χ3v) is 3.22. The van der Waals surface area contributed by atoms with E-state index in [2.05, 4.69) is 21.3 Å². The predicted octanol–water partition coefficient (Wildman–Crippen LogP) is 1.93. The molecule has 1 aromatic rings. The Morgan fingerprint density at radius 2 is 2.07 bits per heavy atom. The molecule has 0 N–H and O–H groups in total. The van der Waals surface area contributed by atoms with Crippen molar-refractivity contribution in [1.82, 2.24) is 9.78 Å². The molecule has 1 unspecified atom stereocenters. The average Bonchev–Trinajstić information content (AvgIpc) is 3.04. The van der Waals surface area contributed by atoms with E-state index in [0.717, 1.165) is 11.1 Å². The van der Waals surface area contributed by atoms with Gasteiger partial charge in [-0.2, -0.15) is 5.10 Å². The van der Waals surface area contributed by atoms with Crippen LogP contribution in [0.3, 0.4) is 0 Å². The third-order valence-electron chi connectivity index (χ3n) is 2.42. The summed E-state index contributed by atoms with van der Waals surface area (Å²) in [5.74, 6) is 0. The lowest BCUT2D eigenvalue weighted by molar-refractivity contribution is 0.103. The molecular weight excluding hydrogens is 207 g/mol. The first-order valence-corrected chi connectivity index (χ1v) is 6.15. The summed E-state index contributed by atoms with van der Waals surface area (Å²) in [6, 6.07) is 0. The van der Waals surface area contributed by atoms with Gasteiger partial charge < -0.3 is 4.74 Å². The lowest BCUT2D eigenvalue weighted by Crippen LogP contribution is -2.06. The van der Waals surface area contributed by atoms with Crippen molar-refractivity contribution in [3.05, 3.63) is 11.3 Å². The van der Waals surface area contributed by atoms with Crippen LogP contribution in [0.25, 0.3) is 0 Å². The van der Waals surface area contributed by atoms with Gasteiger partial charge in [0.1, 0.15) is 0 Å². The summed E-state index contributed by atoms with van der Waals surface area (Å²) >= 11 is 0. The molecule has 15 heavy (non-hydrogen) atoms. The van der Waals surface area contributed by atoms with E-state index in [1.165, 1.54) is 18.4 Å². The van der Waals surface area contributed by atoms with E-state index in [4.69, 9.17) is 4.74 Å². The summed E-state index contributed by atoms with van der Waals surface area (Å²) in [6.45, 7) is 6.75. The molecule has 0 radical (unpaired) electrons. The molecule has 0 saturated heterocycles. The Morgan fingerprint density at radius 3 is 2.47 bits per heavy atom. The van der Waals surface area contributed by atoms with E-state index >= 15 is 0 Å². The highest BCUT2D eigenvalue weighted by molar-refractivity contribution is 7.27. The molecular formula is C11H21N2OP. The van der Waals surface area contributed by atoms with E-state index < -0.39 is 0 Å². The number of aryl methyl sites for hydroxylation is 1. The second-order valence-electron chi connectivity index (χ2n) is 3.59. The number of aromatic nitrogens is 2. The highest BCUT2D eigenvalue weighted by Crippen LogP contribution is 2.24. The molecule has 1 atom stereocenters. The molecule has 3 nitrogen and oxygen atoms in total. The van der Waals surface area contributed by atoms with Crippen molar-refractivity contribution in [1.29, 1.82) is 0 Å². The number of hydrogen-bond donors (Lipinski definition) is 0. The smallest absolute Gasteiger partial charge is 0.0917 e. The normalized spacial score (nSPS) is 14.7. The molecule has 1 aliphatic rings. The van der Waals surface area contributed by atoms with Crippen LogP contribution >= 0.6 is 9.24 Å². The molecule has 1 fully saturated rings. The largest absolute Gasteiger partial charge is 0.372 e. The molecule has 86 valence electrons. The van der Waals surface area contributed by atoms with E-state index in [1.54, 1.807) is 0 Å². The van der Waals surface area contributed by atoms with Gasteiger partial charge in [-0.25, -0.2) is 0 Å². The van der Waals surface area contributed by atoms with Crippen molar-refractivity contribution in [3.8, 4) is 0 Å². The molecule has 2 rings (SSSR count). The summed E-state index contributed by atoms with van der Waals surface area (Å²) in [6.07, 6.45) is 2.95. The van der Waals surface area contributed by atoms with Crippen LogP contribution in [-0.2, 0) is 18.4 Å². The molecule has 1 aromatic heterocycles. The monoisotopic (exact) mass is 228 g/mol. The van der Waals surface area contributed by atoms with Crippen molar-refractivity contribution in [2.24, 2.45) is 7.05 Å². The van der Waals surface area contributed by atoms with Crippen molar-refractivity contribution >= 4 is 14.7 Å². The van der Waals surface area contributed by atoms with Crippen molar-refractivity contribution in [3.63, 3.8) is 0 Å². The van der Waals surface area contributed by atoms with Crippen LogP contribution in [0.1, 0.15) is 37.9 Å². The molecule has 1 saturated carbocycles. The van der Waals surface area contributed by atoms with Gasteiger partial charge in [-0.15, -0.1) is 0 Å². The molecule has 1 aliphatic carbocycles. The SMILES string of the molecule is CC.Cc1c(COC2CC2)nn(C)c1P. The zero-order valence-electron chi connectivity index (χ0n) is 10.1. The molecule has 4 heteroatoms. The standard InChI is InChI=1S/C9H15N2OP.C2H6/c1-6-8(5-12-7-3-4-7)10-11(2)9(6)13;1-2/h7H,3-5,13H2,1-2H3;1-2H3. The number of hydrogen-bond acceptors (Lipinski definition) is 2. The molecule has 1 heterocycles. The number of nitrogens with zero attached hydrogens (tertiary/aromatic N) is 2. The summed E-state index contributed by atoms with van der Waals surface area (Å²) in [5.41, 5.74) is 3.45. The summed E-state index contributed by atoms with van der Waals surface area (Å²) in [4.78, 5) is 0. The van der Waals surface area contributed by atoms with Crippen molar-refractivity contribution in [2.75, 3.05) is 0 Å². The summed E-state index contributed by atoms with van der Waals surface area (Å²) in [5, 5.41) is 4.38. The molecule has 0 bridgehead atoms. The quantitative estimate of drug-likeness (QED) is 0.739. The lowest BCUT2D eigenvalue weighted by Gasteiger charge is -1.98. The minimum absolute atomic E-state index is 0.509. The maximum absolute atomic E-state index is 5.60. The Morgan fingerprint density at radius 1 is 1.47 bits per heavy atom. The fourth-order valence-electron chi connectivity index (χ4n) is 1.27. The van der Waals surface area contributed by atoms with Gasteiger partial charge in [-0.05, 0) is 25.3 Å².